The fourth-order valence-corrected chi connectivity index (χ4v) is 3.23. The first kappa shape index (κ1) is 18.9. The molecular formula is C21H17BrN4O3. The molecule has 1 N–H and O–H groups in total. The minimum atomic E-state index is -0.328. The lowest BCUT2D eigenvalue weighted by Crippen LogP contribution is -2.17. The molecule has 4 rings (SSSR count). The number of furan rings is 1. The van der Waals surface area contributed by atoms with Crippen molar-refractivity contribution in [2.45, 2.75) is 6.54 Å². The fraction of sp³-hybridized carbons (Fsp3) is 0.0952. The van der Waals surface area contributed by atoms with E-state index in [-0.39, 0.29) is 5.91 Å². The monoisotopic (exact) mass is 452 g/mol. The average molecular weight is 453 g/mol. The maximum atomic E-state index is 13.1. The molecule has 146 valence electrons. The van der Waals surface area contributed by atoms with Gasteiger partial charge in [0, 0.05) is 16.6 Å². The molecule has 4 aromatic rings. The molecule has 0 unspecified atom stereocenters. The predicted octanol–water partition coefficient (Wildman–Crippen LogP) is 4.61. The fourth-order valence-electron chi connectivity index (χ4n) is 2.78. The van der Waals surface area contributed by atoms with Crippen LogP contribution in [-0.4, -0.2) is 27.8 Å². The van der Waals surface area contributed by atoms with Gasteiger partial charge >= 0.3 is 0 Å². The normalized spacial score (nSPS) is 10.7. The molecule has 8 heteroatoms. The maximum Gasteiger partial charge on any atom is 0.281 e. The second-order valence-corrected chi connectivity index (χ2v) is 7.08. The molecule has 0 aliphatic carbocycles. The SMILES string of the molecule is COc1cccc(C(=O)n2nc(-c3ccco3)nc2NCc2cccc(Br)c2)c1. The highest BCUT2D eigenvalue weighted by molar-refractivity contribution is 9.10. The van der Waals surface area contributed by atoms with E-state index in [4.69, 9.17) is 9.15 Å². The van der Waals surface area contributed by atoms with Gasteiger partial charge in [0.1, 0.15) is 5.75 Å². The van der Waals surface area contributed by atoms with Crippen molar-refractivity contribution >= 4 is 27.8 Å². The number of anilines is 1. The van der Waals surface area contributed by atoms with Crippen LogP contribution in [0.15, 0.2) is 75.8 Å². The molecular weight excluding hydrogens is 436 g/mol. The summed E-state index contributed by atoms with van der Waals surface area (Å²) in [7, 11) is 1.55. The van der Waals surface area contributed by atoms with Crippen LogP contribution in [0.3, 0.4) is 0 Å². The minimum absolute atomic E-state index is 0.322. The van der Waals surface area contributed by atoms with Gasteiger partial charge in [0.15, 0.2) is 5.76 Å². The molecule has 0 saturated carbocycles. The van der Waals surface area contributed by atoms with E-state index < -0.39 is 0 Å². The van der Waals surface area contributed by atoms with Crippen LogP contribution in [0.4, 0.5) is 5.95 Å². The number of hydrogen-bond acceptors (Lipinski definition) is 6. The van der Waals surface area contributed by atoms with Crippen LogP contribution in [0.1, 0.15) is 15.9 Å². The zero-order valence-electron chi connectivity index (χ0n) is 15.5. The summed E-state index contributed by atoms with van der Waals surface area (Å²) in [5.74, 6) is 1.39. The molecule has 0 aliphatic heterocycles. The lowest BCUT2D eigenvalue weighted by atomic mass is 10.2. The van der Waals surface area contributed by atoms with Gasteiger partial charge in [-0.25, -0.2) is 0 Å². The Bertz CT molecular complexity index is 1140. The van der Waals surface area contributed by atoms with Crippen molar-refractivity contribution in [1.82, 2.24) is 14.8 Å². The summed E-state index contributed by atoms with van der Waals surface area (Å²) in [6.45, 7) is 0.473. The van der Waals surface area contributed by atoms with E-state index in [0.717, 1.165) is 10.0 Å². The van der Waals surface area contributed by atoms with Crippen molar-refractivity contribution in [1.29, 1.82) is 0 Å². The Morgan fingerprint density at radius 1 is 1.17 bits per heavy atom. The molecule has 0 saturated heterocycles. The largest absolute Gasteiger partial charge is 0.497 e. The number of ether oxygens (including phenoxy) is 1. The number of aromatic nitrogens is 3. The third-order valence-corrected chi connectivity index (χ3v) is 4.69. The topological polar surface area (TPSA) is 82.2 Å². The first-order valence-electron chi connectivity index (χ1n) is 8.82. The molecule has 2 aromatic carbocycles. The summed E-state index contributed by atoms with van der Waals surface area (Å²) in [5.41, 5.74) is 1.47. The Morgan fingerprint density at radius 2 is 2.03 bits per heavy atom. The van der Waals surface area contributed by atoms with Crippen molar-refractivity contribution in [3.63, 3.8) is 0 Å². The molecule has 2 heterocycles. The number of benzene rings is 2. The number of rotatable bonds is 6. The minimum Gasteiger partial charge on any atom is -0.497 e. The third-order valence-electron chi connectivity index (χ3n) is 4.20. The van der Waals surface area contributed by atoms with Crippen molar-refractivity contribution < 1.29 is 13.9 Å². The van der Waals surface area contributed by atoms with E-state index in [9.17, 15) is 4.79 Å². The van der Waals surface area contributed by atoms with Crippen LogP contribution in [0.2, 0.25) is 0 Å². The van der Waals surface area contributed by atoms with Gasteiger partial charge in [-0.2, -0.15) is 9.67 Å². The number of halogens is 1. The van der Waals surface area contributed by atoms with E-state index in [1.807, 2.05) is 24.3 Å². The van der Waals surface area contributed by atoms with Gasteiger partial charge < -0.3 is 14.5 Å². The van der Waals surface area contributed by atoms with Crippen LogP contribution in [0, 0.1) is 0 Å². The first-order valence-corrected chi connectivity index (χ1v) is 9.61. The number of carbonyl (C=O) groups is 1. The van der Waals surface area contributed by atoms with Gasteiger partial charge in [0.2, 0.25) is 11.8 Å². The summed E-state index contributed by atoms with van der Waals surface area (Å²) in [6.07, 6.45) is 1.54. The summed E-state index contributed by atoms with van der Waals surface area (Å²) in [6, 6.07) is 18.3. The first-order chi connectivity index (χ1) is 14.1. The van der Waals surface area contributed by atoms with Crippen LogP contribution in [0.5, 0.6) is 5.75 Å². The van der Waals surface area contributed by atoms with Gasteiger partial charge in [-0.3, -0.25) is 4.79 Å². The second-order valence-electron chi connectivity index (χ2n) is 6.17. The molecule has 0 amide bonds. The predicted molar refractivity (Wildman–Crippen MR) is 112 cm³/mol. The Kier molecular flexibility index (Phi) is 5.44. The standard InChI is InChI=1S/C21H17BrN4O3/c1-28-17-8-3-6-15(12-17)20(27)26-21(23-13-14-5-2-7-16(22)11-14)24-19(25-26)18-9-4-10-29-18/h2-12H,13H2,1H3,(H,23,24,25). The summed E-state index contributed by atoms with van der Waals surface area (Å²) in [4.78, 5) is 17.6. The summed E-state index contributed by atoms with van der Waals surface area (Å²) in [5, 5.41) is 7.56. The molecule has 0 fully saturated rings. The van der Waals surface area contributed by atoms with Gasteiger partial charge in [-0.15, -0.1) is 5.10 Å². The van der Waals surface area contributed by atoms with Crippen molar-refractivity contribution in [3.8, 4) is 17.3 Å². The number of carbonyl (C=O) groups excluding carboxylic acids is 1. The van der Waals surface area contributed by atoms with Crippen molar-refractivity contribution in [3.05, 3.63) is 82.5 Å². The van der Waals surface area contributed by atoms with Crippen LogP contribution in [0.25, 0.3) is 11.6 Å². The Morgan fingerprint density at radius 3 is 2.79 bits per heavy atom. The van der Waals surface area contributed by atoms with E-state index in [2.05, 4.69) is 31.3 Å². The third kappa shape index (κ3) is 4.22. The van der Waals surface area contributed by atoms with Crippen LogP contribution < -0.4 is 10.1 Å². The van der Waals surface area contributed by atoms with E-state index >= 15 is 0 Å². The average Bonchev–Trinajstić information content (AvgIpc) is 3.42. The number of hydrogen-bond donors (Lipinski definition) is 1. The molecule has 2 aromatic heterocycles. The Balaban J connectivity index is 1.68. The molecule has 7 nitrogen and oxygen atoms in total. The molecule has 29 heavy (non-hydrogen) atoms. The Hall–Kier alpha value is -3.39. The zero-order chi connectivity index (χ0) is 20.2. The Labute approximate surface area is 175 Å². The molecule has 0 aliphatic rings. The van der Waals surface area contributed by atoms with Gasteiger partial charge in [0.05, 0.1) is 13.4 Å². The lowest BCUT2D eigenvalue weighted by Gasteiger charge is -2.08. The van der Waals surface area contributed by atoms with Crippen LogP contribution in [-0.2, 0) is 6.54 Å². The van der Waals surface area contributed by atoms with Crippen molar-refractivity contribution in [2.75, 3.05) is 12.4 Å². The zero-order valence-corrected chi connectivity index (χ0v) is 17.1. The lowest BCUT2D eigenvalue weighted by molar-refractivity contribution is 0.0947. The second kappa shape index (κ2) is 8.32. The van der Waals surface area contributed by atoms with E-state index in [0.29, 0.717) is 35.4 Å². The van der Waals surface area contributed by atoms with E-state index in [1.165, 1.54) is 10.9 Å². The van der Waals surface area contributed by atoms with Crippen LogP contribution >= 0.6 is 15.9 Å². The smallest absolute Gasteiger partial charge is 0.281 e. The van der Waals surface area contributed by atoms with E-state index in [1.54, 1.807) is 43.5 Å². The highest BCUT2D eigenvalue weighted by atomic mass is 79.9. The molecule has 0 bridgehead atoms. The summed E-state index contributed by atoms with van der Waals surface area (Å²) < 4.78 is 12.8. The van der Waals surface area contributed by atoms with Crippen molar-refractivity contribution in [2.24, 2.45) is 0 Å². The number of nitrogens with one attached hydrogen (secondary N) is 1. The van der Waals surface area contributed by atoms with Gasteiger partial charge in [0.25, 0.3) is 5.91 Å². The maximum absolute atomic E-state index is 13.1. The molecule has 0 atom stereocenters. The number of methoxy groups -OCH3 is 1. The molecule has 0 spiro atoms. The quantitative estimate of drug-likeness (QED) is 0.459. The highest BCUT2D eigenvalue weighted by Crippen LogP contribution is 2.21. The highest BCUT2D eigenvalue weighted by Gasteiger charge is 2.20. The number of nitrogens with zero attached hydrogens (tertiary/aromatic N) is 3. The van der Waals surface area contributed by atoms with Gasteiger partial charge in [-0.1, -0.05) is 34.1 Å². The molecule has 0 radical (unpaired) electrons. The van der Waals surface area contributed by atoms with Gasteiger partial charge in [-0.05, 0) is 48.0 Å². The summed E-state index contributed by atoms with van der Waals surface area (Å²) >= 11 is 3.46.